The second kappa shape index (κ2) is 6.57. The monoisotopic (exact) mass is 366 g/mol. The van der Waals surface area contributed by atoms with Gasteiger partial charge in [0.05, 0.1) is 18.8 Å². The Hall–Kier alpha value is -3.26. The Balaban J connectivity index is 1.84. The van der Waals surface area contributed by atoms with E-state index in [9.17, 15) is 4.79 Å². The summed E-state index contributed by atoms with van der Waals surface area (Å²) in [7, 11) is 3.14. The van der Waals surface area contributed by atoms with Crippen molar-refractivity contribution in [2.45, 2.75) is 0 Å². The van der Waals surface area contributed by atoms with E-state index in [1.54, 1.807) is 50.9 Å². The largest absolute Gasteiger partial charge is 0.493 e. The van der Waals surface area contributed by atoms with Crippen molar-refractivity contribution < 1.29 is 9.47 Å². The van der Waals surface area contributed by atoms with Crippen LogP contribution in [0.4, 0.5) is 0 Å². The number of pyridine rings is 1. The van der Waals surface area contributed by atoms with Gasteiger partial charge >= 0.3 is 0 Å². The lowest BCUT2D eigenvalue weighted by Gasteiger charge is -2.09. The van der Waals surface area contributed by atoms with E-state index < -0.39 is 0 Å². The fraction of sp³-hybridized carbons (Fsp3) is 0.111. The normalized spacial score (nSPS) is 11.8. The van der Waals surface area contributed by atoms with Gasteiger partial charge in [0, 0.05) is 23.5 Å². The van der Waals surface area contributed by atoms with Gasteiger partial charge in [-0.2, -0.15) is 9.50 Å². The van der Waals surface area contributed by atoms with Crippen LogP contribution in [0.25, 0.3) is 22.4 Å². The van der Waals surface area contributed by atoms with Crippen molar-refractivity contribution in [3.05, 3.63) is 63.2 Å². The van der Waals surface area contributed by atoms with Crippen LogP contribution in [-0.2, 0) is 0 Å². The molecule has 0 spiro atoms. The van der Waals surface area contributed by atoms with Gasteiger partial charge in [0.1, 0.15) is 0 Å². The Morgan fingerprint density at radius 1 is 1.12 bits per heavy atom. The van der Waals surface area contributed by atoms with Crippen LogP contribution in [-0.4, -0.2) is 33.8 Å². The first kappa shape index (κ1) is 16.2. The number of rotatable bonds is 4. The first-order chi connectivity index (χ1) is 12.7. The standard InChI is InChI=1S/C18H14N4O3S/c1-24-13-5-3-4-12(15(13)25-2)10-14-17(23)22-18(26-14)20-16(21-22)11-6-8-19-9-7-11/h3-10H,1-2H3/b14-10-. The molecule has 0 aliphatic rings. The number of para-hydroxylation sites is 1. The maximum atomic E-state index is 12.7. The lowest BCUT2D eigenvalue weighted by Crippen LogP contribution is -2.23. The molecule has 4 aromatic rings. The van der Waals surface area contributed by atoms with Gasteiger partial charge in [-0.1, -0.05) is 23.5 Å². The summed E-state index contributed by atoms with van der Waals surface area (Å²) >= 11 is 1.28. The quantitative estimate of drug-likeness (QED) is 0.548. The highest BCUT2D eigenvalue weighted by atomic mass is 32.1. The van der Waals surface area contributed by atoms with Crippen molar-refractivity contribution in [2.24, 2.45) is 0 Å². The number of methoxy groups -OCH3 is 2. The molecule has 0 aliphatic heterocycles. The summed E-state index contributed by atoms with van der Waals surface area (Å²) in [6.45, 7) is 0. The molecule has 0 atom stereocenters. The Morgan fingerprint density at radius 3 is 2.62 bits per heavy atom. The third-order valence-corrected chi connectivity index (χ3v) is 4.80. The highest BCUT2D eigenvalue weighted by molar-refractivity contribution is 7.15. The Morgan fingerprint density at radius 2 is 1.92 bits per heavy atom. The van der Waals surface area contributed by atoms with Gasteiger partial charge in [0.2, 0.25) is 4.96 Å². The Labute approximate surface area is 152 Å². The second-order valence-corrected chi connectivity index (χ2v) is 6.37. The van der Waals surface area contributed by atoms with Gasteiger partial charge in [-0.25, -0.2) is 0 Å². The van der Waals surface area contributed by atoms with Crippen molar-refractivity contribution in [1.82, 2.24) is 19.6 Å². The zero-order valence-electron chi connectivity index (χ0n) is 14.0. The maximum absolute atomic E-state index is 12.7. The molecule has 0 saturated heterocycles. The van der Waals surface area contributed by atoms with Crippen molar-refractivity contribution >= 4 is 22.4 Å². The molecule has 7 nitrogen and oxygen atoms in total. The number of hydrogen-bond acceptors (Lipinski definition) is 7. The van der Waals surface area contributed by atoms with Crippen LogP contribution in [0.15, 0.2) is 47.5 Å². The van der Waals surface area contributed by atoms with E-state index in [2.05, 4.69) is 15.1 Å². The third kappa shape index (κ3) is 2.70. The van der Waals surface area contributed by atoms with Gasteiger partial charge in [-0.05, 0) is 24.3 Å². The van der Waals surface area contributed by atoms with Crippen LogP contribution in [0.2, 0.25) is 0 Å². The van der Waals surface area contributed by atoms with E-state index in [0.717, 1.165) is 11.1 Å². The van der Waals surface area contributed by atoms with Gasteiger partial charge in [0.15, 0.2) is 17.3 Å². The van der Waals surface area contributed by atoms with E-state index in [4.69, 9.17) is 9.47 Å². The van der Waals surface area contributed by atoms with Crippen LogP contribution in [0.5, 0.6) is 11.5 Å². The molecule has 3 heterocycles. The molecule has 4 rings (SSSR count). The summed E-state index contributed by atoms with van der Waals surface area (Å²) in [6.07, 6.45) is 5.09. The van der Waals surface area contributed by atoms with Crippen molar-refractivity contribution in [3.8, 4) is 22.9 Å². The minimum Gasteiger partial charge on any atom is -0.493 e. The molecular weight excluding hydrogens is 352 g/mol. The molecule has 0 saturated carbocycles. The molecule has 130 valence electrons. The van der Waals surface area contributed by atoms with E-state index in [1.807, 2.05) is 12.1 Å². The lowest BCUT2D eigenvalue weighted by atomic mass is 10.2. The number of fused-ring (bicyclic) bond motifs is 1. The van der Waals surface area contributed by atoms with Gasteiger partial charge in [-0.15, -0.1) is 5.10 Å². The molecular formula is C18H14N4O3S. The molecule has 0 unspecified atom stereocenters. The average Bonchev–Trinajstić information content (AvgIpc) is 3.22. The molecule has 26 heavy (non-hydrogen) atoms. The summed E-state index contributed by atoms with van der Waals surface area (Å²) in [5.41, 5.74) is 1.35. The maximum Gasteiger partial charge on any atom is 0.291 e. The van der Waals surface area contributed by atoms with E-state index in [-0.39, 0.29) is 5.56 Å². The highest BCUT2D eigenvalue weighted by Gasteiger charge is 2.13. The minimum atomic E-state index is -0.220. The third-order valence-electron chi connectivity index (χ3n) is 3.84. The zero-order chi connectivity index (χ0) is 18.1. The number of nitrogens with zero attached hydrogens (tertiary/aromatic N) is 4. The van der Waals surface area contributed by atoms with Crippen molar-refractivity contribution in [1.29, 1.82) is 0 Å². The molecule has 0 fully saturated rings. The fourth-order valence-corrected chi connectivity index (χ4v) is 3.52. The van der Waals surface area contributed by atoms with Gasteiger partial charge in [0.25, 0.3) is 5.56 Å². The molecule has 3 aromatic heterocycles. The smallest absolute Gasteiger partial charge is 0.291 e. The van der Waals surface area contributed by atoms with Crippen molar-refractivity contribution in [2.75, 3.05) is 14.2 Å². The van der Waals surface area contributed by atoms with Gasteiger partial charge in [-0.3, -0.25) is 9.78 Å². The lowest BCUT2D eigenvalue weighted by molar-refractivity contribution is 0.354. The number of hydrogen-bond donors (Lipinski definition) is 0. The van der Waals surface area contributed by atoms with Crippen LogP contribution in [0.3, 0.4) is 0 Å². The molecule has 0 bridgehead atoms. The molecule has 1 aromatic carbocycles. The predicted molar refractivity (Wildman–Crippen MR) is 98.7 cm³/mol. The summed E-state index contributed by atoms with van der Waals surface area (Å²) in [5.74, 6) is 1.68. The zero-order valence-corrected chi connectivity index (χ0v) is 14.9. The van der Waals surface area contributed by atoms with E-state index >= 15 is 0 Å². The minimum absolute atomic E-state index is 0.220. The first-order valence-corrected chi connectivity index (χ1v) is 8.55. The number of benzene rings is 1. The Bertz CT molecular complexity index is 1180. The average molecular weight is 366 g/mol. The predicted octanol–water partition coefficient (Wildman–Crippen LogP) is 1.78. The van der Waals surface area contributed by atoms with Crippen LogP contribution in [0.1, 0.15) is 5.56 Å². The fourth-order valence-electron chi connectivity index (χ4n) is 2.62. The molecule has 0 amide bonds. The SMILES string of the molecule is COc1cccc(/C=c2\sc3nc(-c4ccncc4)nn3c2=O)c1OC. The summed E-state index contributed by atoms with van der Waals surface area (Å²) in [6, 6.07) is 9.11. The van der Waals surface area contributed by atoms with E-state index in [0.29, 0.717) is 26.8 Å². The van der Waals surface area contributed by atoms with Crippen LogP contribution < -0.4 is 19.6 Å². The highest BCUT2D eigenvalue weighted by Crippen LogP contribution is 2.31. The summed E-state index contributed by atoms with van der Waals surface area (Å²) < 4.78 is 12.6. The molecule has 8 heteroatoms. The molecule has 0 radical (unpaired) electrons. The molecule has 0 N–H and O–H groups in total. The second-order valence-electron chi connectivity index (χ2n) is 5.36. The van der Waals surface area contributed by atoms with Gasteiger partial charge < -0.3 is 9.47 Å². The summed E-state index contributed by atoms with van der Waals surface area (Å²) in [5, 5.41) is 4.32. The first-order valence-electron chi connectivity index (χ1n) is 7.74. The molecule has 0 aliphatic carbocycles. The number of ether oxygens (including phenoxy) is 2. The Kier molecular flexibility index (Phi) is 4.10. The summed E-state index contributed by atoms with van der Waals surface area (Å²) in [4.78, 5) is 21.6. The number of aromatic nitrogens is 4. The van der Waals surface area contributed by atoms with Crippen LogP contribution in [0, 0.1) is 0 Å². The van der Waals surface area contributed by atoms with Crippen LogP contribution >= 0.6 is 11.3 Å². The topological polar surface area (TPSA) is 78.6 Å². The number of thiazole rings is 1. The van der Waals surface area contributed by atoms with E-state index in [1.165, 1.54) is 15.9 Å². The van der Waals surface area contributed by atoms with Crippen molar-refractivity contribution in [3.63, 3.8) is 0 Å².